The second-order valence-corrected chi connectivity index (χ2v) is 10.5. The number of fused-ring (bicyclic) bond motifs is 2. The van der Waals surface area contributed by atoms with Crippen LogP contribution in [-0.2, 0) is 17.4 Å². The van der Waals surface area contributed by atoms with E-state index in [2.05, 4.69) is 10.4 Å². The standard InChI is InChI=1S/C26H26F3N5O3/c1-13(16-4-3-5-17(21(16)27)22(28)29)30-23-19-11-34(20(35)8-18(19)25(37)32(2)31-23)26-9-15(26)10-33(12-26)24(36)14-6-7-14/h3-5,8,11,13-15,22H,6-7,9-10,12H2,1-2H3,(H,30,31)/t13-,15+,26+/m1/s1. The van der Waals surface area contributed by atoms with Crippen molar-refractivity contribution in [3.05, 3.63) is 68.1 Å². The largest absolute Gasteiger partial charge is 0.361 e. The van der Waals surface area contributed by atoms with E-state index in [4.69, 9.17) is 0 Å². The zero-order valence-electron chi connectivity index (χ0n) is 20.4. The first-order chi connectivity index (χ1) is 17.6. The summed E-state index contributed by atoms with van der Waals surface area (Å²) in [5.41, 5.74) is -1.99. The average molecular weight is 514 g/mol. The van der Waals surface area contributed by atoms with Crippen molar-refractivity contribution in [2.24, 2.45) is 18.9 Å². The number of aromatic nitrogens is 3. The fourth-order valence-electron chi connectivity index (χ4n) is 5.72. The molecule has 8 nitrogen and oxygen atoms in total. The van der Waals surface area contributed by atoms with Crippen molar-refractivity contribution in [1.82, 2.24) is 19.2 Å². The van der Waals surface area contributed by atoms with Crippen LogP contribution in [0.3, 0.4) is 0 Å². The van der Waals surface area contributed by atoms with Crippen LogP contribution < -0.4 is 16.4 Å². The van der Waals surface area contributed by atoms with Gasteiger partial charge in [-0.3, -0.25) is 14.4 Å². The Morgan fingerprint density at radius 3 is 2.62 bits per heavy atom. The summed E-state index contributed by atoms with van der Waals surface area (Å²) in [7, 11) is 1.44. The van der Waals surface area contributed by atoms with Gasteiger partial charge in [0, 0.05) is 55.2 Å². The molecule has 3 aliphatic rings. The third-order valence-corrected chi connectivity index (χ3v) is 8.02. The molecule has 2 aliphatic carbocycles. The van der Waals surface area contributed by atoms with Crippen LogP contribution in [0.15, 0.2) is 40.1 Å². The Kier molecular flexibility index (Phi) is 5.26. The number of pyridine rings is 1. The first kappa shape index (κ1) is 23.7. The molecule has 2 aromatic heterocycles. The number of aryl methyl sites for hydroxylation is 1. The number of hydrogen-bond donors (Lipinski definition) is 1. The lowest BCUT2D eigenvalue weighted by atomic mass is 10.0. The number of nitrogens with one attached hydrogen (secondary N) is 1. The zero-order chi connectivity index (χ0) is 26.2. The van der Waals surface area contributed by atoms with E-state index >= 15 is 0 Å². The number of nitrogens with zero attached hydrogens (tertiary/aromatic N) is 4. The van der Waals surface area contributed by atoms with Crippen molar-refractivity contribution in [2.45, 2.75) is 44.2 Å². The smallest absolute Gasteiger partial charge is 0.274 e. The summed E-state index contributed by atoms with van der Waals surface area (Å²) in [5.74, 6) is -0.393. The van der Waals surface area contributed by atoms with Gasteiger partial charge < -0.3 is 14.8 Å². The number of anilines is 1. The number of piperidine rings is 1. The summed E-state index contributed by atoms with van der Waals surface area (Å²) < 4.78 is 44.0. The number of carbonyl (C=O) groups excluding carboxylic acids is 1. The highest BCUT2D eigenvalue weighted by Crippen LogP contribution is 2.56. The molecule has 37 heavy (non-hydrogen) atoms. The summed E-state index contributed by atoms with van der Waals surface area (Å²) >= 11 is 0. The summed E-state index contributed by atoms with van der Waals surface area (Å²) in [4.78, 5) is 40.5. The van der Waals surface area contributed by atoms with E-state index in [1.54, 1.807) is 17.7 Å². The van der Waals surface area contributed by atoms with Crippen LogP contribution in [0.2, 0.25) is 0 Å². The van der Waals surface area contributed by atoms with E-state index in [-0.39, 0.29) is 40.1 Å². The highest BCUT2D eigenvalue weighted by Gasteiger charge is 2.63. The Hall–Kier alpha value is -3.63. The summed E-state index contributed by atoms with van der Waals surface area (Å²) in [6, 6.07) is 4.33. The molecule has 3 fully saturated rings. The lowest BCUT2D eigenvalue weighted by Gasteiger charge is -2.23. The van der Waals surface area contributed by atoms with E-state index in [0.29, 0.717) is 18.5 Å². The molecular formula is C26H26F3N5O3. The highest BCUT2D eigenvalue weighted by molar-refractivity contribution is 5.90. The summed E-state index contributed by atoms with van der Waals surface area (Å²) in [6.07, 6.45) is 1.22. The molecule has 2 saturated carbocycles. The van der Waals surface area contributed by atoms with Crippen LogP contribution in [-0.4, -0.2) is 38.2 Å². The molecule has 0 unspecified atom stereocenters. The lowest BCUT2D eigenvalue weighted by molar-refractivity contribution is -0.132. The van der Waals surface area contributed by atoms with Crippen molar-refractivity contribution in [2.75, 3.05) is 18.4 Å². The lowest BCUT2D eigenvalue weighted by Crippen LogP contribution is -2.39. The molecule has 0 bridgehead atoms. The quantitative estimate of drug-likeness (QED) is 0.547. The summed E-state index contributed by atoms with van der Waals surface area (Å²) in [5, 5.41) is 7.87. The second kappa shape index (κ2) is 8.19. The molecule has 3 heterocycles. The molecule has 1 aromatic carbocycles. The molecule has 6 rings (SSSR count). The maximum atomic E-state index is 14.8. The Morgan fingerprint density at radius 2 is 1.92 bits per heavy atom. The molecule has 3 aromatic rings. The molecule has 1 amide bonds. The minimum absolute atomic E-state index is 0.0285. The van der Waals surface area contributed by atoms with Crippen LogP contribution in [0.5, 0.6) is 0 Å². The number of carbonyl (C=O) groups is 1. The number of halogens is 3. The van der Waals surface area contributed by atoms with Crippen LogP contribution in [0.1, 0.15) is 49.8 Å². The Bertz CT molecular complexity index is 1560. The fourth-order valence-corrected chi connectivity index (χ4v) is 5.72. The minimum Gasteiger partial charge on any atom is -0.361 e. The second-order valence-electron chi connectivity index (χ2n) is 10.5. The molecule has 194 valence electrons. The Labute approximate surface area is 209 Å². The molecule has 11 heteroatoms. The van der Waals surface area contributed by atoms with Gasteiger partial charge in [-0.05, 0) is 26.2 Å². The van der Waals surface area contributed by atoms with E-state index < -0.39 is 34.9 Å². The monoisotopic (exact) mass is 513 g/mol. The van der Waals surface area contributed by atoms with E-state index in [0.717, 1.165) is 30.0 Å². The van der Waals surface area contributed by atoms with Crippen LogP contribution in [0.4, 0.5) is 19.0 Å². The third kappa shape index (κ3) is 3.74. The van der Waals surface area contributed by atoms with Gasteiger partial charge in [-0.15, -0.1) is 0 Å². The van der Waals surface area contributed by atoms with E-state index in [9.17, 15) is 27.6 Å². The Morgan fingerprint density at radius 1 is 1.19 bits per heavy atom. The number of alkyl halides is 2. The molecule has 1 N–H and O–H groups in total. The van der Waals surface area contributed by atoms with Crippen molar-refractivity contribution in [1.29, 1.82) is 0 Å². The fraction of sp³-hybridized carbons (Fsp3) is 0.462. The molecule has 3 atom stereocenters. The number of benzene rings is 1. The number of likely N-dealkylation sites (tertiary alicyclic amines) is 1. The molecule has 1 aliphatic heterocycles. The van der Waals surface area contributed by atoms with Gasteiger partial charge in [-0.1, -0.05) is 18.2 Å². The van der Waals surface area contributed by atoms with Gasteiger partial charge in [-0.25, -0.2) is 17.9 Å². The van der Waals surface area contributed by atoms with Gasteiger partial charge in [0.15, 0.2) is 5.82 Å². The molecule has 0 radical (unpaired) electrons. The maximum absolute atomic E-state index is 14.8. The number of hydrogen-bond acceptors (Lipinski definition) is 5. The van der Waals surface area contributed by atoms with Crippen molar-refractivity contribution in [3.8, 4) is 0 Å². The summed E-state index contributed by atoms with van der Waals surface area (Å²) in [6.45, 7) is 2.66. The average Bonchev–Trinajstić information content (AvgIpc) is 3.79. The van der Waals surface area contributed by atoms with Crippen molar-refractivity contribution in [3.63, 3.8) is 0 Å². The number of amides is 1. The molecule has 0 spiro atoms. The predicted molar refractivity (Wildman–Crippen MR) is 130 cm³/mol. The van der Waals surface area contributed by atoms with Crippen LogP contribution >= 0.6 is 0 Å². The molecular weight excluding hydrogens is 487 g/mol. The Balaban J connectivity index is 1.40. The first-order valence-corrected chi connectivity index (χ1v) is 12.4. The maximum Gasteiger partial charge on any atom is 0.274 e. The van der Waals surface area contributed by atoms with E-state index in [1.165, 1.54) is 25.2 Å². The van der Waals surface area contributed by atoms with Gasteiger partial charge in [-0.2, -0.15) is 5.10 Å². The van der Waals surface area contributed by atoms with Crippen molar-refractivity contribution < 1.29 is 18.0 Å². The first-order valence-electron chi connectivity index (χ1n) is 12.4. The van der Waals surface area contributed by atoms with Gasteiger partial charge >= 0.3 is 0 Å². The van der Waals surface area contributed by atoms with Crippen molar-refractivity contribution >= 4 is 22.5 Å². The number of rotatable bonds is 6. The van der Waals surface area contributed by atoms with Gasteiger partial charge in [0.1, 0.15) is 5.82 Å². The third-order valence-electron chi connectivity index (χ3n) is 8.02. The van der Waals surface area contributed by atoms with Gasteiger partial charge in [0.2, 0.25) is 5.91 Å². The van der Waals surface area contributed by atoms with Gasteiger partial charge in [0.25, 0.3) is 17.5 Å². The van der Waals surface area contributed by atoms with Gasteiger partial charge in [0.05, 0.1) is 22.5 Å². The normalized spacial score (nSPS) is 23.4. The zero-order valence-corrected chi connectivity index (χ0v) is 20.4. The minimum atomic E-state index is -2.96. The van der Waals surface area contributed by atoms with E-state index in [1.807, 2.05) is 4.90 Å². The SMILES string of the molecule is C[C@@H](Nc1nn(C)c(=O)c2cc(=O)n([C@]34C[C@H]3CN(C(=O)C3CC3)C4)cc12)c1cccc(C(F)F)c1F. The van der Waals surface area contributed by atoms with Crippen LogP contribution in [0, 0.1) is 17.7 Å². The predicted octanol–water partition coefficient (Wildman–Crippen LogP) is 3.31. The highest BCUT2D eigenvalue weighted by atomic mass is 19.3. The van der Waals surface area contributed by atoms with Crippen LogP contribution in [0.25, 0.3) is 10.8 Å². The topological polar surface area (TPSA) is 89.2 Å². The molecule has 1 saturated heterocycles.